The van der Waals surface area contributed by atoms with Gasteiger partial charge in [-0.25, -0.2) is 0 Å². The highest BCUT2D eigenvalue weighted by molar-refractivity contribution is 5.79. The van der Waals surface area contributed by atoms with Gasteiger partial charge in [-0.3, -0.25) is 4.79 Å². The lowest BCUT2D eigenvalue weighted by molar-refractivity contribution is -0.124. The molecule has 1 saturated heterocycles. The second-order valence-electron chi connectivity index (χ2n) is 6.00. The fourth-order valence-corrected chi connectivity index (χ4v) is 2.01. The Morgan fingerprint density at radius 3 is 2.69 bits per heavy atom. The highest BCUT2D eigenvalue weighted by Crippen LogP contribution is 2.21. The number of hydrogen-bond donors (Lipinski definition) is 2. The summed E-state index contributed by atoms with van der Waals surface area (Å²) in [4.78, 5) is 11.7. The zero-order valence-electron chi connectivity index (χ0n) is 10.9. The standard InChI is InChI=1S/C13H26N2O/c1-13(2,3)7-4-5-8-15-12(16)11-6-9-14-10-11/h11,14H,4-10H2,1-3H3,(H,15,16). The summed E-state index contributed by atoms with van der Waals surface area (Å²) < 4.78 is 0. The third-order valence-corrected chi connectivity index (χ3v) is 3.08. The van der Waals surface area contributed by atoms with Crippen molar-refractivity contribution in [2.45, 2.75) is 46.5 Å². The monoisotopic (exact) mass is 226 g/mol. The summed E-state index contributed by atoms with van der Waals surface area (Å²) >= 11 is 0. The third kappa shape index (κ3) is 5.50. The van der Waals surface area contributed by atoms with Crippen molar-refractivity contribution in [2.24, 2.45) is 11.3 Å². The van der Waals surface area contributed by atoms with Crippen LogP contribution >= 0.6 is 0 Å². The first-order valence-electron chi connectivity index (χ1n) is 6.47. The van der Waals surface area contributed by atoms with Gasteiger partial charge in [-0.2, -0.15) is 0 Å². The number of rotatable bonds is 5. The summed E-state index contributed by atoms with van der Waals surface area (Å²) in [6.45, 7) is 9.46. The Morgan fingerprint density at radius 1 is 1.38 bits per heavy atom. The quantitative estimate of drug-likeness (QED) is 0.703. The maximum absolute atomic E-state index is 11.7. The predicted molar refractivity (Wildman–Crippen MR) is 67.3 cm³/mol. The van der Waals surface area contributed by atoms with Gasteiger partial charge in [0.05, 0.1) is 5.92 Å². The average Bonchev–Trinajstić information content (AvgIpc) is 2.67. The summed E-state index contributed by atoms with van der Waals surface area (Å²) in [5.74, 6) is 0.448. The lowest BCUT2D eigenvalue weighted by Crippen LogP contribution is -2.32. The molecule has 0 aliphatic carbocycles. The molecule has 0 aromatic heterocycles. The Labute approximate surface area is 99.4 Å². The van der Waals surface area contributed by atoms with Gasteiger partial charge >= 0.3 is 0 Å². The molecule has 0 saturated carbocycles. The van der Waals surface area contributed by atoms with E-state index < -0.39 is 0 Å². The molecule has 0 spiro atoms. The molecule has 1 atom stereocenters. The molecule has 1 heterocycles. The van der Waals surface area contributed by atoms with E-state index in [-0.39, 0.29) is 11.8 Å². The number of hydrogen-bond acceptors (Lipinski definition) is 2. The summed E-state index contributed by atoms with van der Waals surface area (Å²) in [5, 5.41) is 6.25. The molecule has 2 N–H and O–H groups in total. The lowest BCUT2D eigenvalue weighted by atomic mass is 9.90. The van der Waals surface area contributed by atoms with Crippen LogP contribution in [-0.2, 0) is 4.79 Å². The molecular formula is C13H26N2O. The van der Waals surface area contributed by atoms with E-state index in [1.165, 1.54) is 12.8 Å². The first kappa shape index (κ1) is 13.5. The Kier molecular flexibility index (Phi) is 5.26. The number of carbonyl (C=O) groups excluding carboxylic acids is 1. The highest BCUT2D eigenvalue weighted by atomic mass is 16.1. The Balaban J connectivity index is 2.00. The number of unbranched alkanes of at least 4 members (excludes halogenated alkanes) is 1. The zero-order valence-corrected chi connectivity index (χ0v) is 10.9. The van der Waals surface area contributed by atoms with Gasteiger partial charge in [0.2, 0.25) is 5.91 Å². The molecule has 0 aromatic rings. The number of amides is 1. The Bertz CT molecular complexity index is 214. The van der Waals surface area contributed by atoms with E-state index in [2.05, 4.69) is 31.4 Å². The van der Waals surface area contributed by atoms with Crippen molar-refractivity contribution >= 4 is 5.91 Å². The summed E-state index contributed by atoms with van der Waals surface area (Å²) in [6.07, 6.45) is 4.53. The van der Waals surface area contributed by atoms with Crippen molar-refractivity contribution in [2.75, 3.05) is 19.6 Å². The summed E-state index contributed by atoms with van der Waals surface area (Å²) in [7, 11) is 0. The van der Waals surface area contributed by atoms with Crippen molar-refractivity contribution in [3.63, 3.8) is 0 Å². The van der Waals surface area contributed by atoms with Crippen LogP contribution in [0.1, 0.15) is 46.5 Å². The molecule has 3 heteroatoms. The molecule has 1 fully saturated rings. The van der Waals surface area contributed by atoms with Crippen LogP contribution in [0.3, 0.4) is 0 Å². The van der Waals surface area contributed by atoms with E-state index >= 15 is 0 Å². The Morgan fingerprint density at radius 2 is 2.12 bits per heavy atom. The van der Waals surface area contributed by atoms with E-state index in [1.54, 1.807) is 0 Å². The molecule has 0 radical (unpaired) electrons. The van der Waals surface area contributed by atoms with Crippen LogP contribution in [0.15, 0.2) is 0 Å². The van der Waals surface area contributed by atoms with Crippen LogP contribution in [0, 0.1) is 11.3 Å². The maximum atomic E-state index is 11.7. The van der Waals surface area contributed by atoms with E-state index in [4.69, 9.17) is 0 Å². The molecule has 1 aliphatic heterocycles. The summed E-state index contributed by atoms with van der Waals surface area (Å²) in [6, 6.07) is 0. The van der Waals surface area contributed by atoms with Gasteiger partial charge < -0.3 is 10.6 Å². The molecule has 0 aromatic carbocycles. The smallest absolute Gasteiger partial charge is 0.224 e. The third-order valence-electron chi connectivity index (χ3n) is 3.08. The number of carbonyl (C=O) groups is 1. The first-order valence-corrected chi connectivity index (χ1v) is 6.47. The van der Waals surface area contributed by atoms with Gasteiger partial charge in [0.1, 0.15) is 0 Å². The van der Waals surface area contributed by atoms with Gasteiger partial charge in [-0.15, -0.1) is 0 Å². The van der Waals surface area contributed by atoms with Crippen molar-refractivity contribution in [3.8, 4) is 0 Å². The van der Waals surface area contributed by atoms with E-state index in [1.807, 2.05) is 0 Å². The molecule has 0 bridgehead atoms. The van der Waals surface area contributed by atoms with Gasteiger partial charge in [-0.05, 0) is 31.2 Å². The van der Waals surface area contributed by atoms with Crippen LogP contribution in [0.2, 0.25) is 0 Å². The maximum Gasteiger partial charge on any atom is 0.224 e. The van der Waals surface area contributed by atoms with Crippen molar-refractivity contribution in [1.82, 2.24) is 10.6 Å². The minimum atomic E-state index is 0.211. The van der Waals surface area contributed by atoms with Gasteiger partial charge in [0.15, 0.2) is 0 Å². The minimum Gasteiger partial charge on any atom is -0.356 e. The SMILES string of the molecule is CC(C)(C)CCCCNC(=O)C1CCNC1. The van der Waals surface area contributed by atoms with Gasteiger partial charge in [-0.1, -0.05) is 27.2 Å². The van der Waals surface area contributed by atoms with Crippen molar-refractivity contribution in [1.29, 1.82) is 0 Å². The second kappa shape index (κ2) is 6.24. The van der Waals surface area contributed by atoms with Crippen LogP contribution in [0.5, 0.6) is 0 Å². The van der Waals surface area contributed by atoms with Crippen LogP contribution < -0.4 is 10.6 Å². The van der Waals surface area contributed by atoms with Crippen molar-refractivity contribution < 1.29 is 4.79 Å². The molecule has 16 heavy (non-hydrogen) atoms. The second-order valence-corrected chi connectivity index (χ2v) is 6.00. The van der Waals surface area contributed by atoms with Crippen molar-refractivity contribution in [3.05, 3.63) is 0 Å². The topological polar surface area (TPSA) is 41.1 Å². The van der Waals surface area contributed by atoms with E-state index in [0.717, 1.165) is 32.5 Å². The lowest BCUT2D eigenvalue weighted by Gasteiger charge is -2.17. The fourth-order valence-electron chi connectivity index (χ4n) is 2.01. The highest BCUT2D eigenvalue weighted by Gasteiger charge is 2.21. The van der Waals surface area contributed by atoms with E-state index in [9.17, 15) is 4.79 Å². The van der Waals surface area contributed by atoms with Crippen LogP contribution in [-0.4, -0.2) is 25.5 Å². The first-order chi connectivity index (χ1) is 7.49. The van der Waals surface area contributed by atoms with E-state index in [0.29, 0.717) is 5.41 Å². The van der Waals surface area contributed by atoms with Crippen LogP contribution in [0.4, 0.5) is 0 Å². The van der Waals surface area contributed by atoms with Gasteiger partial charge in [0, 0.05) is 13.1 Å². The summed E-state index contributed by atoms with van der Waals surface area (Å²) in [5.41, 5.74) is 0.416. The normalized spacial score (nSPS) is 21.1. The average molecular weight is 226 g/mol. The van der Waals surface area contributed by atoms with Gasteiger partial charge in [0.25, 0.3) is 0 Å². The molecule has 1 rings (SSSR count). The Hall–Kier alpha value is -0.570. The minimum absolute atomic E-state index is 0.211. The fraction of sp³-hybridized carbons (Fsp3) is 0.923. The molecule has 1 unspecified atom stereocenters. The molecule has 1 aliphatic rings. The zero-order chi connectivity index (χ0) is 12.0. The molecule has 3 nitrogen and oxygen atoms in total. The number of nitrogens with one attached hydrogen (secondary N) is 2. The largest absolute Gasteiger partial charge is 0.356 e. The van der Waals surface area contributed by atoms with Crippen LogP contribution in [0.25, 0.3) is 0 Å². The predicted octanol–water partition coefficient (Wildman–Crippen LogP) is 1.93. The molecular weight excluding hydrogens is 200 g/mol. The molecule has 1 amide bonds. The molecule has 94 valence electrons.